The summed E-state index contributed by atoms with van der Waals surface area (Å²) in [5.74, 6) is 0. The van der Waals surface area contributed by atoms with Crippen molar-refractivity contribution in [2.45, 2.75) is 0 Å². The Morgan fingerprint density at radius 3 is 2.29 bits per heavy atom. The number of nitrogens with one attached hydrogen (secondary N) is 1. The van der Waals surface area contributed by atoms with Crippen molar-refractivity contribution in [1.82, 2.24) is 4.31 Å². The average molecular weight is 253 g/mol. The number of nitrogens with zero attached hydrogens (tertiary/aromatic N) is 2. The Bertz CT molecular complexity index is 336. The van der Waals surface area contributed by atoms with Crippen LogP contribution in [-0.4, -0.2) is 43.8 Å². The van der Waals surface area contributed by atoms with Crippen LogP contribution in [0.4, 0.5) is 11.4 Å². The first kappa shape index (κ1) is 12.5. The molecule has 0 atom stereocenters. The van der Waals surface area contributed by atoms with E-state index in [1.54, 1.807) is 7.11 Å². The molecule has 2 rings (SSSR count). The molecule has 1 aliphatic rings. The Morgan fingerprint density at radius 2 is 1.76 bits per heavy atom. The monoisotopic (exact) mass is 253 g/mol. The summed E-state index contributed by atoms with van der Waals surface area (Å²) in [6.07, 6.45) is 2.14. The van der Waals surface area contributed by atoms with Gasteiger partial charge in [-0.3, -0.25) is 10.3 Å². The number of rotatable bonds is 4. The van der Waals surface area contributed by atoms with Crippen LogP contribution in [0.3, 0.4) is 0 Å². The number of piperazine rings is 1. The summed E-state index contributed by atoms with van der Waals surface area (Å²) in [4.78, 5) is 7.29. The van der Waals surface area contributed by atoms with Crippen molar-refractivity contribution in [3.63, 3.8) is 0 Å². The number of hydrogen-bond donors (Lipinski definition) is 1. The lowest BCUT2D eigenvalue weighted by molar-refractivity contribution is 0.271. The SMILES string of the molecule is CONc1ccc(N2CCN(SC)CC2)cc1. The van der Waals surface area contributed by atoms with Gasteiger partial charge in [0.15, 0.2) is 0 Å². The molecule has 0 aromatic heterocycles. The summed E-state index contributed by atoms with van der Waals surface area (Å²) in [6, 6.07) is 8.35. The highest BCUT2D eigenvalue weighted by molar-refractivity contribution is 7.96. The molecular weight excluding hydrogens is 234 g/mol. The van der Waals surface area contributed by atoms with Crippen molar-refractivity contribution in [3.05, 3.63) is 24.3 Å². The molecule has 1 aliphatic heterocycles. The van der Waals surface area contributed by atoms with Gasteiger partial charge in [0.05, 0.1) is 12.8 Å². The molecule has 0 aliphatic carbocycles. The fourth-order valence-corrected chi connectivity index (χ4v) is 2.52. The van der Waals surface area contributed by atoms with Crippen LogP contribution in [0.15, 0.2) is 24.3 Å². The van der Waals surface area contributed by atoms with Crippen LogP contribution in [0.25, 0.3) is 0 Å². The minimum atomic E-state index is 0.985. The second kappa shape index (κ2) is 6.14. The molecule has 0 unspecified atom stereocenters. The van der Waals surface area contributed by atoms with Crippen molar-refractivity contribution in [1.29, 1.82) is 0 Å². The van der Waals surface area contributed by atoms with Crippen molar-refractivity contribution in [3.8, 4) is 0 Å². The number of hydrogen-bond acceptors (Lipinski definition) is 5. The molecule has 0 amide bonds. The Hall–Kier alpha value is -0.910. The first-order valence-electron chi connectivity index (χ1n) is 5.76. The van der Waals surface area contributed by atoms with E-state index in [0.717, 1.165) is 31.9 Å². The fourth-order valence-electron chi connectivity index (χ4n) is 1.99. The molecule has 0 radical (unpaired) electrons. The smallest absolute Gasteiger partial charge is 0.0636 e. The zero-order valence-corrected chi connectivity index (χ0v) is 11.2. The summed E-state index contributed by atoms with van der Waals surface area (Å²) in [6.45, 7) is 4.44. The van der Waals surface area contributed by atoms with E-state index >= 15 is 0 Å². The molecule has 1 N–H and O–H groups in total. The third-order valence-corrected chi connectivity index (χ3v) is 3.83. The van der Waals surface area contributed by atoms with Crippen LogP contribution in [0.2, 0.25) is 0 Å². The molecule has 17 heavy (non-hydrogen) atoms. The van der Waals surface area contributed by atoms with Gasteiger partial charge in [-0.15, -0.1) is 0 Å². The van der Waals surface area contributed by atoms with Gasteiger partial charge in [0, 0.05) is 31.9 Å². The van der Waals surface area contributed by atoms with E-state index in [9.17, 15) is 0 Å². The second-order valence-corrected chi connectivity index (χ2v) is 4.83. The van der Waals surface area contributed by atoms with Gasteiger partial charge < -0.3 is 4.90 Å². The fraction of sp³-hybridized carbons (Fsp3) is 0.500. The first-order valence-corrected chi connectivity index (χ1v) is 6.94. The van der Waals surface area contributed by atoms with Crippen LogP contribution in [0, 0.1) is 0 Å². The summed E-state index contributed by atoms with van der Waals surface area (Å²) in [5.41, 5.74) is 5.09. The van der Waals surface area contributed by atoms with Gasteiger partial charge in [-0.05, 0) is 30.5 Å². The van der Waals surface area contributed by atoms with E-state index < -0.39 is 0 Å². The lowest BCUT2D eigenvalue weighted by Gasteiger charge is -2.34. The zero-order chi connectivity index (χ0) is 12.1. The van der Waals surface area contributed by atoms with Gasteiger partial charge in [-0.1, -0.05) is 11.9 Å². The molecule has 4 nitrogen and oxygen atoms in total. The van der Waals surface area contributed by atoms with E-state index in [1.807, 2.05) is 24.1 Å². The summed E-state index contributed by atoms with van der Waals surface area (Å²) < 4.78 is 2.40. The Kier molecular flexibility index (Phi) is 4.53. The van der Waals surface area contributed by atoms with Gasteiger partial charge in [-0.2, -0.15) is 0 Å². The lowest BCUT2D eigenvalue weighted by Crippen LogP contribution is -2.43. The van der Waals surface area contributed by atoms with Gasteiger partial charge >= 0.3 is 0 Å². The number of anilines is 2. The topological polar surface area (TPSA) is 27.7 Å². The molecule has 5 heteroatoms. The highest BCUT2D eigenvalue weighted by Gasteiger charge is 2.16. The molecule has 0 bridgehead atoms. The summed E-state index contributed by atoms with van der Waals surface area (Å²) in [7, 11) is 1.62. The van der Waals surface area contributed by atoms with Crippen molar-refractivity contribution < 1.29 is 4.84 Å². The molecule has 1 heterocycles. The van der Waals surface area contributed by atoms with Crippen LogP contribution in [0.5, 0.6) is 0 Å². The predicted molar refractivity (Wildman–Crippen MR) is 74.4 cm³/mol. The van der Waals surface area contributed by atoms with Crippen molar-refractivity contribution >= 4 is 23.3 Å². The van der Waals surface area contributed by atoms with Crippen LogP contribution < -0.4 is 10.4 Å². The molecule has 0 spiro atoms. The zero-order valence-electron chi connectivity index (χ0n) is 10.3. The molecular formula is C12H19N3OS. The molecule has 1 saturated heterocycles. The maximum Gasteiger partial charge on any atom is 0.0636 e. The maximum absolute atomic E-state index is 4.87. The van der Waals surface area contributed by atoms with Crippen LogP contribution in [-0.2, 0) is 4.84 Å². The van der Waals surface area contributed by atoms with Gasteiger partial charge in [0.1, 0.15) is 0 Å². The van der Waals surface area contributed by atoms with E-state index in [2.05, 4.69) is 33.1 Å². The lowest BCUT2D eigenvalue weighted by atomic mass is 10.2. The summed E-state index contributed by atoms with van der Waals surface area (Å²) >= 11 is 1.83. The quantitative estimate of drug-likeness (QED) is 0.655. The Labute approximate surface area is 107 Å². The highest BCUT2D eigenvalue weighted by atomic mass is 32.2. The Morgan fingerprint density at radius 1 is 1.12 bits per heavy atom. The third-order valence-electron chi connectivity index (χ3n) is 2.95. The maximum atomic E-state index is 4.87. The summed E-state index contributed by atoms with van der Waals surface area (Å²) in [5, 5.41) is 0. The van der Waals surface area contributed by atoms with Gasteiger partial charge in [0.25, 0.3) is 0 Å². The highest BCUT2D eigenvalue weighted by Crippen LogP contribution is 2.20. The predicted octanol–water partition coefficient (Wildman–Crippen LogP) is 2.06. The van der Waals surface area contributed by atoms with Crippen LogP contribution in [0.1, 0.15) is 0 Å². The molecule has 0 saturated carbocycles. The van der Waals surface area contributed by atoms with Crippen molar-refractivity contribution in [2.24, 2.45) is 0 Å². The van der Waals surface area contributed by atoms with E-state index in [1.165, 1.54) is 5.69 Å². The molecule has 94 valence electrons. The largest absolute Gasteiger partial charge is 0.369 e. The third kappa shape index (κ3) is 3.28. The molecule has 1 aromatic rings. The molecule has 1 aromatic carbocycles. The van der Waals surface area contributed by atoms with Gasteiger partial charge in [-0.25, -0.2) is 4.31 Å². The minimum Gasteiger partial charge on any atom is -0.369 e. The number of benzene rings is 1. The van der Waals surface area contributed by atoms with E-state index in [4.69, 9.17) is 4.84 Å². The normalized spacial score (nSPS) is 17.2. The van der Waals surface area contributed by atoms with Gasteiger partial charge in [0.2, 0.25) is 0 Å². The van der Waals surface area contributed by atoms with E-state index in [-0.39, 0.29) is 0 Å². The first-order chi connectivity index (χ1) is 8.33. The standard InChI is InChI=1S/C12H19N3OS/c1-16-13-11-3-5-12(6-4-11)14-7-9-15(17-2)10-8-14/h3-6,13H,7-10H2,1-2H3. The average Bonchev–Trinajstić information content (AvgIpc) is 2.40. The molecule has 1 fully saturated rings. The van der Waals surface area contributed by atoms with E-state index in [0.29, 0.717) is 0 Å². The minimum absolute atomic E-state index is 0.985. The second-order valence-electron chi connectivity index (χ2n) is 3.95. The van der Waals surface area contributed by atoms with Crippen molar-refractivity contribution in [2.75, 3.05) is 49.9 Å². The Balaban J connectivity index is 1.94. The van der Waals surface area contributed by atoms with Crippen LogP contribution >= 0.6 is 11.9 Å².